The van der Waals surface area contributed by atoms with Gasteiger partial charge in [0.1, 0.15) is 11.8 Å². The zero-order valence-electron chi connectivity index (χ0n) is 20.3. The number of anilines is 2. The van der Waals surface area contributed by atoms with E-state index in [4.69, 9.17) is 19.5 Å². The van der Waals surface area contributed by atoms with Crippen molar-refractivity contribution in [3.05, 3.63) is 114 Å². The van der Waals surface area contributed by atoms with Crippen LogP contribution in [-0.4, -0.2) is 26.4 Å². The summed E-state index contributed by atoms with van der Waals surface area (Å²) in [7, 11) is 0. The van der Waals surface area contributed by atoms with Crippen molar-refractivity contribution in [2.45, 2.75) is 19.9 Å². The van der Waals surface area contributed by atoms with Gasteiger partial charge >= 0.3 is 0 Å². The van der Waals surface area contributed by atoms with Crippen LogP contribution >= 0.6 is 0 Å². The Morgan fingerprint density at radius 1 is 0.865 bits per heavy atom. The second-order valence-electron chi connectivity index (χ2n) is 9.09. The summed E-state index contributed by atoms with van der Waals surface area (Å²) >= 11 is 0. The lowest BCUT2D eigenvalue weighted by atomic mass is 9.98. The van der Waals surface area contributed by atoms with E-state index in [1.165, 1.54) is 5.56 Å². The van der Waals surface area contributed by atoms with Crippen LogP contribution in [0.2, 0.25) is 0 Å². The number of benzene rings is 2. The van der Waals surface area contributed by atoms with Gasteiger partial charge in [-0.2, -0.15) is 9.78 Å². The molecule has 0 saturated carbocycles. The first kappa shape index (κ1) is 21.3. The van der Waals surface area contributed by atoms with Crippen molar-refractivity contribution < 1.29 is 4.42 Å². The average Bonchev–Trinajstić information content (AvgIpc) is 3.58. The van der Waals surface area contributed by atoms with Gasteiger partial charge in [0.15, 0.2) is 23.3 Å². The Bertz CT molecular complexity index is 1670. The summed E-state index contributed by atoms with van der Waals surface area (Å²) in [5.74, 6) is 3.54. The van der Waals surface area contributed by atoms with Crippen LogP contribution in [0.1, 0.15) is 28.6 Å². The number of hydrogen-bond acceptors (Lipinski definition) is 7. The molecule has 180 valence electrons. The third kappa shape index (κ3) is 3.45. The molecular weight excluding hydrogens is 462 g/mol. The van der Waals surface area contributed by atoms with Gasteiger partial charge in [-0.25, -0.2) is 15.0 Å². The second kappa shape index (κ2) is 8.30. The van der Waals surface area contributed by atoms with Crippen molar-refractivity contribution in [3.8, 4) is 5.82 Å². The summed E-state index contributed by atoms with van der Waals surface area (Å²) in [5.41, 5.74) is 5.75. The number of amidine groups is 2. The Labute approximate surface area is 213 Å². The number of nitrogens with zero attached hydrogens (tertiary/aromatic N) is 6. The lowest BCUT2D eigenvalue weighted by Gasteiger charge is -2.39. The lowest BCUT2D eigenvalue weighted by molar-refractivity contribution is 0.487. The van der Waals surface area contributed by atoms with E-state index in [-0.39, 0.29) is 6.04 Å². The fourth-order valence-corrected chi connectivity index (χ4v) is 4.93. The molecule has 2 aromatic carbocycles. The van der Waals surface area contributed by atoms with Crippen molar-refractivity contribution in [1.29, 1.82) is 0 Å². The Balaban J connectivity index is 1.49. The molecule has 8 heteroatoms. The van der Waals surface area contributed by atoms with Crippen LogP contribution in [0, 0.1) is 13.8 Å². The highest BCUT2D eigenvalue weighted by atomic mass is 16.3. The van der Waals surface area contributed by atoms with E-state index in [1.54, 1.807) is 17.1 Å². The molecule has 0 bridgehead atoms. The Morgan fingerprint density at radius 2 is 1.70 bits per heavy atom. The van der Waals surface area contributed by atoms with Crippen LogP contribution in [0.15, 0.2) is 106 Å². The van der Waals surface area contributed by atoms with Crippen molar-refractivity contribution in [1.82, 2.24) is 14.8 Å². The predicted molar refractivity (Wildman–Crippen MR) is 145 cm³/mol. The monoisotopic (exact) mass is 485 g/mol. The molecule has 2 aliphatic rings. The first-order chi connectivity index (χ1) is 18.2. The molecule has 0 aliphatic carbocycles. The smallest absolute Gasteiger partial charge is 0.179 e. The number of pyridine rings is 1. The molecular formula is C29H23N7O. The highest BCUT2D eigenvalue weighted by Gasteiger charge is 2.42. The highest BCUT2D eigenvalue weighted by molar-refractivity contribution is 6.51. The van der Waals surface area contributed by atoms with Gasteiger partial charge in [0, 0.05) is 11.9 Å². The number of aryl methyl sites for hydroxylation is 2. The third-order valence-corrected chi connectivity index (χ3v) is 6.63. The van der Waals surface area contributed by atoms with Gasteiger partial charge in [-0.05, 0) is 62.4 Å². The number of aliphatic imine (C=N–C) groups is 2. The molecule has 8 nitrogen and oxygen atoms in total. The normalized spacial score (nSPS) is 15.8. The van der Waals surface area contributed by atoms with E-state index in [1.807, 2.05) is 67.6 Å². The van der Waals surface area contributed by atoms with Crippen molar-refractivity contribution >= 4 is 34.6 Å². The van der Waals surface area contributed by atoms with Crippen LogP contribution in [0.25, 0.3) is 5.82 Å². The fourth-order valence-electron chi connectivity index (χ4n) is 4.93. The number of para-hydroxylation sites is 2. The van der Waals surface area contributed by atoms with Gasteiger partial charge in [-0.1, -0.05) is 35.9 Å². The van der Waals surface area contributed by atoms with Crippen LogP contribution in [0.4, 0.5) is 22.9 Å². The molecule has 7 rings (SSSR count). The van der Waals surface area contributed by atoms with E-state index >= 15 is 0 Å². The second-order valence-corrected chi connectivity index (χ2v) is 9.09. The molecule has 1 unspecified atom stereocenters. The molecule has 37 heavy (non-hydrogen) atoms. The number of hydrogen-bond donors (Lipinski definition) is 1. The summed E-state index contributed by atoms with van der Waals surface area (Å²) < 4.78 is 7.82. The quantitative estimate of drug-likeness (QED) is 0.325. The molecule has 0 saturated heterocycles. The maximum absolute atomic E-state index is 6.02. The third-order valence-electron chi connectivity index (χ3n) is 6.63. The van der Waals surface area contributed by atoms with Crippen LogP contribution < -0.4 is 10.2 Å². The summed E-state index contributed by atoms with van der Waals surface area (Å²) in [4.78, 5) is 16.9. The fraction of sp³-hybridized carbons (Fsp3) is 0.103. The van der Waals surface area contributed by atoms with Gasteiger partial charge in [0.05, 0.1) is 28.9 Å². The topological polar surface area (TPSA) is 83.8 Å². The molecule has 0 spiro atoms. The van der Waals surface area contributed by atoms with Crippen LogP contribution in [0.5, 0.6) is 0 Å². The van der Waals surface area contributed by atoms with E-state index < -0.39 is 0 Å². The maximum atomic E-state index is 6.02. The Kier molecular flexibility index (Phi) is 4.78. The largest absolute Gasteiger partial charge is 0.467 e. The van der Waals surface area contributed by atoms with Gasteiger partial charge < -0.3 is 14.6 Å². The van der Waals surface area contributed by atoms with Crippen LogP contribution in [0.3, 0.4) is 0 Å². The first-order valence-corrected chi connectivity index (χ1v) is 12.1. The number of aromatic nitrogens is 3. The highest BCUT2D eigenvalue weighted by Crippen LogP contribution is 2.48. The number of fused-ring (bicyclic) bond motifs is 4. The van der Waals surface area contributed by atoms with Crippen molar-refractivity contribution in [3.63, 3.8) is 0 Å². The Morgan fingerprint density at radius 3 is 2.49 bits per heavy atom. The molecule has 0 amide bonds. The Hall–Kier alpha value is -4.98. The van der Waals surface area contributed by atoms with Gasteiger partial charge in [0.2, 0.25) is 0 Å². The van der Waals surface area contributed by atoms with E-state index in [9.17, 15) is 0 Å². The molecule has 0 radical (unpaired) electrons. The predicted octanol–water partition coefficient (Wildman–Crippen LogP) is 6.27. The summed E-state index contributed by atoms with van der Waals surface area (Å²) in [5, 5.41) is 8.39. The summed E-state index contributed by atoms with van der Waals surface area (Å²) in [6.07, 6.45) is 3.46. The van der Waals surface area contributed by atoms with Crippen molar-refractivity contribution in [2.75, 3.05) is 10.2 Å². The van der Waals surface area contributed by atoms with Crippen LogP contribution in [-0.2, 0) is 0 Å². The zero-order valence-corrected chi connectivity index (χ0v) is 20.3. The van der Waals surface area contributed by atoms with E-state index in [0.29, 0.717) is 23.3 Å². The summed E-state index contributed by atoms with van der Waals surface area (Å²) in [6.45, 7) is 4.08. The molecule has 5 aromatic rings. The molecule has 3 aromatic heterocycles. The minimum Gasteiger partial charge on any atom is -0.467 e. The minimum atomic E-state index is -0.290. The number of furan rings is 1. The van der Waals surface area contributed by atoms with Gasteiger partial charge in [0.25, 0.3) is 0 Å². The van der Waals surface area contributed by atoms with E-state index in [2.05, 4.69) is 40.3 Å². The average molecular weight is 486 g/mol. The molecule has 2 aliphatic heterocycles. The molecule has 1 atom stereocenters. The number of nitrogens with one attached hydrogen (secondary N) is 1. The lowest BCUT2D eigenvalue weighted by Crippen LogP contribution is -2.46. The number of rotatable bonds is 3. The molecule has 1 N–H and O–H groups in total. The SMILES string of the molecule is Cc1ccc(NC2=Nc3ccccc3N3C2=Nc2c(c(C)nn2-c2ccccn2)C3c2ccco2)cc1. The van der Waals surface area contributed by atoms with Gasteiger partial charge in [-0.3, -0.25) is 0 Å². The zero-order chi connectivity index (χ0) is 24.9. The van der Waals surface area contributed by atoms with Gasteiger partial charge in [-0.15, -0.1) is 0 Å². The van der Waals surface area contributed by atoms with E-state index in [0.717, 1.165) is 34.1 Å². The maximum Gasteiger partial charge on any atom is 0.179 e. The standard InChI is InChI=1S/C29H23N7O/c1-18-12-14-20(15-13-18)31-27-29-33-28-25(19(2)34-36(28)24-11-5-6-16-30-24)26(23-10-7-17-37-23)35(29)22-9-4-3-8-21(22)32-27/h3-17,26H,1-2H3,(H,31,32). The first-order valence-electron chi connectivity index (χ1n) is 12.1. The summed E-state index contributed by atoms with van der Waals surface area (Å²) in [6, 6.07) is 25.7. The molecule has 0 fully saturated rings. The van der Waals surface area contributed by atoms with Crippen molar-refractivity contribution in [2.24, 2.45) is 9.98 Å². The minimum absolute atomic E-state index is 0.290. The molecule has 5 heterocycles.